The molecule has 0 saturated heterocycles. The lowest BCUT2D eigenvalue weighted by Crippen LogP contribution is -2.12. The molecule has 0 spiro atoms. The van der Waals surface area contributed by atoms with Crippen molar-refractivity contribution in [2.75, 3.05) is 7.11 Å². The van der Waals surface area contributed by atoms with Gasteiger partial charge in [-0.15, -0.1) is 0 Å². The quantitative estimate of drug-likeness (QED) is 0.895. The van der Waals surface area contributed by atoms with Gasteiger partial charge in [-0.2, -0.15) is 0 Å². The zero-order valence-corrected chi connectivity index (χ0v) is 13.1. The number of benzene rings is 2. The fourth-order valence-electron chi connectivity index (χ4n) is 1.99. The highest BCUT2D eigenvalue weighted by molar-refractivity contribution is 9.10. The van der Waals surface area contributed by atoms with Gasteiger partial charge < -0.3 is 10.5 Å². The molecule has 0 aliphatic heterocycles. The predicted molar refractivity (Wildman–Crippen MR) is 82.9 cm³/mol. The number of nitrogens with two attached hydrogens (primary N) is 1. The summed E-state index contributed by atoms with van der Waals surface area (Å²) in [5.74, 6) is 0.869. The van der Waals surface area contributed by atoms with Gasteiger partial charge in [0.15, 0.2) is 0 Å². The van der Waals surface area contributed by atoms with Crippen LogP contribution in [0.4, 0.5) is 0 Å². The Balaban J connectivity index is 2.35. The van der Waals surface area contributed by atoms with E-state index >= 15 is 0 Å². The van der Waals surface area contributed by atoms with Gasteiger partial charge in [0.25, 0.3) is 0 Å². The summed E-state index contributed by atoms with van der Waals surface area (Å²) >= 11 is 9.41. The highest BCUT2D eigenvalue weighted by Gasteiger charge is 2.12. The first-order valence-corrected chi connectivity index (χ1v) is 7.05. The fraction of sp³-hybridized carbons (Fsp3) is 0.200. The number of halogens is 2. The molecule has 0 radical (unpaired) electrons. The molecule has 0 aromatic heterocycles. The van der Waals surface area contributed by atoms with Crippen molar-refractivity contribution in [3.05, 3.63) is 62.6 Å². The lowest BCUT2D eigenvalue weighted by Gasteiger charge is -2.15. The summed E-state index contributed by atoms with van der Waals surface area (Å²) in [6.45, 7) is 2.01. The van der Waals surface area contributed by atoms with Crippen LogP contribution in [0.2, 0.25) is 5.02 Å². The highest BCUT2D eigenvalue weighted by atomic mass is 79.9. The zero-order valence-electron chi connectivity index (χ0n) is 10.8. The summed E-state index contributed by atoms with van der Waals surface area (Å²) in [5.41, 5.74) is 9.43. The molecule has 2 N–H and O–H groups in total. The second-order valence-corrected chi connectivity index (χ2v) is 5.64. The minimum atomic E-state index is -0.182. The number of hydrogen-bond donors (Lipinski definition) is 1. The first kappa shape index (κ1) is 14.4. The zero-order chi connectivity index (χ0) is 14.0. The van der Waals surface area contributed by atoms with E-state index in [2.05, 4.69) is 15.9 Å². The summed E-state index contributed by atoms with van der Waals surface area (Å²) in [6, 6.07) is 11.5. The number of ether oxygens (including phenoxy) is 1. The summed E-state index contributed by atoms with van der Waals surface area (Å²) in [4.78, 5) is 0. The van der Waals surface area contributed by atoms with Crippen LogP contribution in [-0.2, 0) is 0 Å². The van der Waals surface area contributed by atoms with Gasteiger partial charge in [-0.25, -0.2) is 0 Å². The maximum Gasteiger partial charge on any atom is 0.121 e. The predicted octanol–water partition coefficient (Wildman–Crippen LogP) is 4.47. The average Bonchev–Trinajstić information content (AvgIpc) is 2.41. The van der Waals surface area contributed by atoms with Crippen LogP contribution in [0.5, 0.6) is 5.75 Å². The molecule has 1 atom stereocenters. The number of methoxy groups -OCH3 is 1. The fourth-order valence-corrected chi connectivity index (χ4v) is 2.51. The Labute approximate surface area is 126 Å². The van der Waals surface area contributed by atoms with Crippen LogP contribution in [-0.4, -0.2) is 7.11 Å². The highest BCUT2D eigenvalue weighted by Crippen LogP contribution is 2.29. The van der Waals surface area contributed by atoms with E-state index in [1.54, 1.807) is 7.11 Å². The third-order valence-corrected chi connectivity index (χ3v) is 4.29. The molecule has 19 heavy (non-hydrogen) atoms. The van der Waals surface area contributed by atoms with Crippen molar-refractivity contribution < 1.29 is 4.74 Å². The maximum absolute atomic E-state index is 6.29. The van der Waals surface area contributed by atoms with E-state index < -0.39 is 0 Å². The van der Waals surface area contributed by atoms with Crippen LogP contribution in [0.25, 0.3) is 0 Å². The standard InChI is InChI=1S/C15H15BrClNO/c1-9-7-10(4-6-14(9)19-2)15(18)11-3-5-13(17)12(16)8-11/h3-8,15H,18H2,1-2H3. The first-order valence-electron chi connectivity index (χ1n) is 5.88. The second-order valence-electron chi connectivity index (χ2n) is 4.38. The molecular formula is C15H15BrClNO. The van der Waals surface area contributed by atoms with E-state index in [1.165, 1.54) is 0 Å². The Hall–Kier alpha value is -1.03. The average molecular weight is 341 g/mol. The van der Waals surface area contributed by atoms with Crippen LogP contribution >= 0.6 is 27.5 Å². The van der Waals surface area contributed by atoms with Crippen molar-refractivity contribution in [2.45, 2.75) is 13.0 Å². The van der Waals surface area contributed by atoms with Crippen LogP contribution in [0.1, 0.15) is 22.7 Å². The molecule has 0 saturated carbocycles. The number of rotatable bonds is 3. The second kappa shape index (κ2) is 5.95. The molecule has 2 nitrogen and oxygen atoms in total. The van der Waals surface area contributed by atoms with Crippen LogP contribution in [0, 0.1) is 6.92 Å². The molecule has 2 aromatic rings. The molecule has 0 heterocycles. The third-order valence-electron chi connectivity index (χ3n) is 3.08. The van der Waals surface area contributed by atoms with Crippen LogP contribution in [0.15, 0.2) is 40.9 Å². The molecule has 100 valence electrons. The van der Waals surface area contributed by atoms with Gasteiger partial charge in [0.2, 0.25) is 0 Å². The largest absolute Gasteiger partial charge is 0.496 e. The summed E-state index contributed by atoms with van der Waals surface area (Å²) in [6.07, 6.45) is 0. The van der Waals surface area contributed by atoms with E-state index in [1.807, 2.05) is 43.3 Å². The molecule has 0 bridgehead atoms. The van der Waals surface area contributed by atoms with Crippen LogP contribution < -0.4 is 10.5 Å². The maximum atomic E-state index is 6.29. The molecule has 0 aliphatic rings. The summed E-state index contributed by atoms with van der Waals surface area (Å²) in [7, 11) is 1.66. The van der Waals surface area contributed by atoms with Crippen molar-refractivity contribution in [1.82, 2.24) is 0 Å². The van der Waals surface area contributed by atoms with E-state index in [9.17, 15) is 0 Å². The van der Waals surface area contributed by atoms with Gasteiger partial charge in [0.05, 0.1) is 18.2 Å². The molecule has 2 rings (SSSR count). The van der Waals surface area contributed by atoms with Gasteiger partial charge in [0.1, 0.15) is 5.75 Å². The topological polar surface area (TPSA) is 35.2 Å². The Morgan fingerprint density at radius 3 is 2.37 bits per heavy atom. The normalized spacial score (nSPS) is 12.3. The lowest BCUT2D eigenvalue weighted by atomic mass is 9.98. The van der Waals surface area contributed by atoms with Crippen molar-refractivity contribution in [2.24, 2.45) is 5.73 Å². The Morgan fingerprint density at radius 1 is 1.16 bits per heavy atom. The molecule has 0 fully saturated rings. The van der Waals surface area contributed by atoms with E-state index in [4.69, 9.17) is 22.1 Å². The Morgan fingerprint density at radius 2 is 1.79 bits per heavy atom. The lowest BCUT2D eigenvalue weighted by molar-refractivity contribution is 0.411. The molecule has 0 aliphatic carbocycles. The molecule has 1 unspecified atom stereocenters. The monoisotopic (exact) mass is 339 g/mol. The molecule has 2 aromatic carbocycles. The van der Waals surface area contributed by atoms with Crippen molar-refractivity contribution in [3.63, 3.8) is 0 Å². The van der Waals surface area contributed by atoms with Gasteiger partial charge in [-0.05, 0) is 57.7 Å². The van der Waals surface area contributed by atoms with Crippen molar-refractivity contribution in [1.29, 1.82) is 0 Å². The van der Waals surface area contributed by atoms with E-state index in [-0.39, 0.29) is 6.04 Å². The van der Waals surface area contributed by atoms with Gasteiger partial charge in [-0.3, -0.25) is 0 Å². The first-order chi connectivity index (χ1) is 9.02. The summed E-state index contributed by atoms with van der Waals surface area (Å²) in [5, 5.41) is 0.682. The molecule has 4 heteroatoms. The summed E-state index contributed by atoms with van der Waals surface area (Å²) < 4.78 is 6.11. The molecular weight excluding hydrogens is 326 g/mol. The number of aryl methyl sites for hydroxylation is 1. The molecule has 0 amide bonds. The Kier molecular flexibility index (Phi) is 4.50. The smallest absolute Gasteiger partial charge is 0.121 e. The van der Waals surface area contributed by atoms with Gasteiger partial charge >= 0.3 is 0 Å². The van der Waals surface area contributed by atoms with E-state index in [0.29, 0.717) is 5.02 Å². The number of hydrogen-bond acceptors (Lipinski definition) is 2. The van der Waals surface area contributed by atoms with Gasteiger partial charge in [0, 0.05) is 4.47 Å². The van der Waals surface area contributed by atoms with Crippen molar-refractivity contribution >= 4 is 27.5 Å². The van der Waals surface area contributed by atoms with Gasteiger partial charge in [-0.1, -0.05) is 29.8 Å². The SMILES string of the molecule is COc1ccc(C(N)c2ccc(Cl)c(Br)c2)cc1C. The third kappa shape index (κ3) is 3.11. The van der Waals surface area contributed by atoms with Crippen LogP contribution in [0.3, 0.4) is 0 Å². The minimum absolute atomic E-state index is 0.182. The van der Waals surface area contributed by atoms with Crippen molar-refractivity contribution in [3.8, 4) is 5.75 Å². The Bertz CT molecular complexity index is 601. The minimum Gasteiger partial charge on any atom is -0.496 e. The van der Waals surface area contributed by atoms with E-state index in [0.717, 1.165) is 26.9 Å².